The molecule has 1 aromatic rings. The minimum Gasteiger partial charge on any atom is -0.409 e. The molecule has 1 aliphatic rings. The van der Waals surface area contributed by atoms with E-state index < -0.39 is 5.54 Å². The molecule has 1 saturated carbocycles. The Balaban J connectivity index is 2.09. The first-order chi connectivity index (χ1) is 10.2. The predicted octanol–water partition coefficient (Wildman–Crippen LogP) is 2.65. The Morgan fingerprint density at radius 1 is 1.14 bits per heavy atom. The quantitative estimate of drug-likeness (QED) is 0.226. The van der Waals surface area contributed by atoms with Crippen LogP contribution in [-0.4, -0.2) is 22.6 Å². The smallest absolute Gasteiger partial charge is 0.320 e. The maximum Gasteiger partial charge on any atom is 0.320 e. The van der Waals surface area contributed by atoms with Crippen molar-refractivity contribution >= 4 is 17.6 Å². The van der Waals surface area contributed by atoms with E-state index in [4.69, 9.17) is 10.9 Å². The molecule has 21 heavy (non-hydrogen) atoms. The summed E-state index contributed by atoms with van der Waals surface area (Å²) in [6.45, 7) is 0. The van der Waals surface area contributed by atoms with Crippen molar-refractivity contribution in [2.75, 3.05) is 5.32 Å². The van der Waals surface area contributed by atoms with E-state index in [2.05, 4.69) is 15.8 Å². The van der Waals surface area contributed by atoms with Crippen LogP contribution in [0.4, 0.5) is 10.5 Å². The molecule has 0 atom stereocenters. The molecule has 0 aliphatic heterocycles. The number of amides is 2. The van der Waals surface area contributed by atoms with Crippen LogP contribution in [0.3, 0.4) is 0 Å². The first-order valence-electron chi connectivity index (χ1n) is 7.28. The van der Waals surface area contributed by atoms with Crippen molar-refractivity contribution in [3.63, 3.8) is 0 Å². The molecule has 0 unspecified atom stereocenters. The van der Waals surface area contributed by atoms with Gasteiger partial charge in [-0.25, -0.2) is 4.79 Å². The van der Waals surface area contributed by atoms with E-state index in [1.54, 1.807) is 0 Å². The molecule has 0 saturated heterocycles. The number of para-hydroxylation sites is 1. The molecule has 0 heterocycles. The molecule has 6 heteroatoms. The molecule has 0 aromatic heterocycles. The Kier molecular flexibility index (Phi) is 5.03. The van der Waals surface area contributed by atoms with Gasteiger partial charge < -0.3 is 21.6 Å². The Morgan fingerprint density at radius 3 is 2.33 bits per heavy atom. The lowest BCUT2D eigenvalue weighted by atomic mass is 9.89. The van der Waals surface area contributed by atoms with Crippen LogP contribution < -0.4 is 16.4 Å². The van der Waals surface area contributed by atoms with Crippen molar-refractivity contribution in [2.24, 2.45) is 10.9 Å². The van der Waals surface area contributed by atoms with Crippen LogP contribution >= 0.6 is 0 Å². The second kappa shape index (κ2) is 6.97. The number of anilines is 1. The fourth-order valence-corrected chi connectivity index (χ4v) is 2.77. The summed E-state index contributed by atoms with van der Waals surface area (Å²) in [6.07, 6.45) is 5.46. The van der Waals surface area contributed by atoms with Gasteiger partial charge in [0, 0.05) is 5.69 Å². The van der Waals surface area contributed by atoms with E-state index in [0.717, 1.165) is 25.7 Å². The van der Waals surface area contributed by atoms with Gasteiger partial charge in [0.15, 0.2) is 5.84 Å². The second-order valence-electron chi connectivity index (χ2n) is 5.43. The van der Waals surface area contributed by atoms with Crippen LogP contribution in [0.1, 0.15) is 38.5 Å². The lowest BCUT2D eigenvalue weighted by Gasteiger charge is -2.32. The van der Waals surface area contributed by atoms with Crippen LogP contribution in [0.15, 0.2) is 35.5 Å². The number of amidine groups is 1. The number of rotatable bonds is 3. The fraction of sp³-hybridized carbons (Fsp3) is 0.467. The molecule has 6 nitrogen and oxygen atoms in total. The summed E-state index contributed by atoms with van der Waals surface area (Å²) in [5, 5.41) is 17.9. The Hall–Kier alpha value is -2.24. The number of hydrogen-bond donors (Lipinski definition) is 4. The van der Waals surface area contributed by atoms with E-state index in [1.165, 1.54) is 0 Å². The molecular weight excluding hydrogens is 268 g/mol. The summed E-state index contributed by atoms with van der Waals surface area (Å²) in [5.74, 6) is 0.0765. The summed E-state index contributed by atoms with van der Waals surface area (Å²) in [7, 11) is 0. The Morgan fingerprint density at radius 2 is 1.76 bits per heavy atom. The van der Waals surface area contributed by atoms with Crippen LogP contribution in [-0.2, 0) is 0 Å². The molecule has 2 amide bonds. The van der Waals surface area contributed by atoms with Gasteiger partial charge in [0.25, 0.3) is 0 Å². The molecule has 0 spiro atoms. The van der Waals surface area contributed by atoms with Gasteiger partial charge in [-0.1, -0.05) is 49.0 Å². The van der Waals surface area contributed by atoms with E-state index in [0.29, 0.717) is 18.5 Å². The standard InChI is InChI=1S/C15H22N4O2/c16-13(19-21)15(10-6-1-2-7-11-15)18-14(20)17-12-8-4-3-5-9-12/h3-5,8-9,21H,1-2,6-7,10-11H2,(H2,16,19)(H2,17,18,20). The van der Waals surface area contributed by atoms with E-state index in [9.17, 15) is 4.79 Å². The summed E-state index contributed by atoms with van der Waals surface area (Å²) in [5.41, 5.74) is 5.80. The van der Waals surface area contributed by atoms with E-state index in [1.807, 2.05) is 30.3 Å². The zero-order valence-electron chi connectivity index (χ0n) is 12.0. The van der Waals surface area contributed by atoms with Gasteiger partial charge in [-0.05, 0) is 25.0 Å². The molecule has 0 radical (unpaired) electrons. The number of carbonyl (C=O) groups is 1. The van der Waals surface area contributed by atoms with Crippen LogP contribution in [0.5, 0.6) is 0 Å². The summed E-state index contributed by atoms with van der Waals surface area (Å²) in [4.78, 5) is 12.2. The highest BCUT2D eigenvalue weighted by Gasteiger charge is 2.37. The number of nitrogens with zero attached hydrogens (tertiary/aromatic N) is 1. The minimum absolute atomic E-state index is 0.0765. The number of urea groups is 1. The Bertz CT molecular complexity index is 494. The van der Waals surface area contributed by atoms with Crippen LogP contribution in [0.25, 0.3) is 0 Å². The van der Waals surface area contributed by atoms with Crippen LogP contribution in [0.2, 0.25) is 0 Å². The van der Waals surface area contributed by atoms with Crippen molar-refractivity contribution in [3.8, 4) is 0 Å². The number of carbonyl (C=O) groups excluding carboxylic acids is 1. The third-order valence-electron chi connectivity index (χ3n) is 3.94. The first-order valence-corrected chi connectivity index (χ1v) is 7.28. The monoisotopic (exact) mass is 290 g/mol. The normalized spacial score (nSPS) is 18.6. The van der Waals surface area contributed by atoms with Crippen molar-refractivity contribution in [1.82, 2.24) is 5.32 Å². The molecule has 1 fully saturated rings. The molecule has 1 aromatic carbocycles. The zero-order valence-corrected chi connectivity index (χ0v) is 12.0. The predicted molar refractivity (Wildman–Crippen MR) is 82.4 cm³/mol. The summed E-state index contributed by atoms with van der Waals surface area (Å²) in [6, 6.07) is 8.86. The van der Waals surface area contributed by atoms with Gasteiger partial charge in [-0.2, -0.15) is 0 Å². The van der Waals surface area contributed by atoms with Crippen molar-refractivity contribution in [3.05, 3.63) is 30.3 Å². The first kappa shape index (κ1) is 15.2. The number of oxime groups is 1. The number of benzene rings is 1. The van der Waals surface area contributed by atoms with Crippen molar-refractivity contribution in [2.45, 2.75) is 44.1 Å². The van der Waals surface area contributed by atoms with E-state index >= 15 is 0 Å². The highest BCUT2D eigenvalue weighted by molar-refractivity contribution is 5.97. The minimum atomic E-state index is -0.760. The third kappa shape index (κ3) is 3.87. The highest BCUT2D eigenvalue weighted by atomic mass is 16.4. The van der Waals surface area contributed by atoms with E-state index in [-0.39, 0.29) is 11.9 Å². The van der Waals surface area contributed by atoms with Crippen molar-refractivity contribution in [1.29, 1.82) is 0 Å². The van der Waals surface area contributed by atoms with Gasteiger partial charge in [0.2, 0.25) is 0 Å². The van der Waals surface area contributed by atoms with Gasteiger partial charge in [-0.15, -0.1) is 0 Å². The van der Waals surface area contributed by atoms with Gasteiger partial charge >= 0.3 is 6.03 Å². The van der Waals surface area contributed by atoms with Crippen LogP contribution in [0, 0.1) is 0 Å². The molecule has 5 N–H and O–H groups in total. The average Bonchev–Trinajstić information content (AvgIpc) is 2.73. The second-order valence-corrected chi connectivity index (χ2v) is 5.43. The topological polar surface area (TPSA) is 99.7 Å². The molecule has 0 bridgehead atoms. The molecule has 1 aliphatic carbocycles. The molecule has 2 rings (SSSR count). The average molecular weight is 290 g/mol. The maximum absolute atomic E-state index is 12.2. The third-order valence-corrected chi connectivity index (χ3v) is 3.94. The summed E-state index contributed by atoms with van der Waals surface area (Å²) >= 11 is 0. The SMILES string of the molecule is N/C(=N/O)C1(NC(=O)Nc2ccccc2)CCCCCC1. The number of nitrogens with two attached hydrogens (primary N) is 1. The van der Waals surface area contributed by atoms with Crippen molar-refractivity contribution < 1.29 is 10.0 Å². The molecule has 114 valence electrons. The molecular formula is C15H22N4O2. The Labute approximate surface area is 124 Å². The lowest BCUT2D eigenvalue weighted by Crippen LogP contribution is -2.58. The van der Waals surface area contributed by atoms with Gasteiger partial charge in [0.05, 0.1) is 0 Å². The number of nitrogens with one attached hydrogen (secondary N) is 2. The fourth-order valence-electron chi connectivity index (χ4n) is 2.77. The highest BCUT2D eigenvalue weighted by Crippen LogP contribution is 2.27. The van der Waals surface area contributed by atoms with Gasteiger partial charge in [0.1, 0.15) is 5.54 Å². The van der Waals surface area contributed by atoms with Gasteiger partial charge in [-0.3, -0.25) is 0 Å². The number of hydrogen-bond acceptors (Lipinski definition) is 3. The zero-order chi connectivity index (χ0) is 15.1. The largest absolute Gasteiger partial charge is 0.409 e. The lowest BCUT2D eigenvalue weighted by molar-refractivity contribution is 0.240. The maximum atomic E-state index is 12.2. The summed E-state index contributed by atoms with van der Waals surface area (Å²) < 4.78 is 0.